The third-order valence-corrected chi connectivity index (χ3v) is 4.21. The molecule has 0 spiro atoms. The lowest BCUT2D eigenvalue weighted by Gasteiger charge is -2.00. The van der Waals surface area contributed by atoms with Crippen molar-refractivity contribution < 1.29 is 0 Å². The molecule has 1 saturated carbocycles. The van der Waals surface area contributed by atoms with E-state index in [2.05, 4.69) is 24.1 Å². The van der Waals surface area contributed by atoms with Gasteiger partial charge in [0.25, 0.3) is 0 Å². The first-order chi connectivity index (χ1) is 6.15. The molecule has 72 valence electrons. The van der Waals surface area contributed by atoms with E-state index in [-0.39, 0.29) is 0 Å². The molecule has 3 heteroatoms. The van der Waals surface area contributed by atoms with Crippen LogP contribution in [-0.2, 0) is 12.0 Å². The van der Waals surface area contributed by atoms with Crippen molar-refractivity contribution in [3.05, 3.63) is 15.6 Å². The molecule has 13 heavy (non-hydrogen) atoms. The van der Waals surface area contributed by atoms with Gasteiger partial charge in [0.2, 0.25) is 0 Å². The molecule has 0 bridgehead atoms. The minimum absolute atomic E-state index is 0.432. The van der Waals surface area contributed by atoms with E-state index in [1.54, 1.807) is 0 Å². The molecular formula is C10H16N2S. The number of rotatable bonds is 3. The van der Waals surface area contributed by atoms with Crippen molar-refractivity contribution in [3.8, 4) is 0 Å². The molecule has 0 unspecified atom stereocenters. The fourth-order valence-corrected chi connectivity index (χ4v) is 2.69. The van der Waals surface area contributed by atoms with Gasteiger partial charge in [-0.15, -0.1) is 11.3 Å². The Hall–Kier alpha value is -0.410. The zero-order valence-electron chi connectivity index (χ0n) is 8.48. The van der Waals surface area contributed by atoms with Gasteiger partial charge in [0.15, 0.2) is 0 Å². The van der Waals surface area contributed by atoms with Gasteiger partial charge < -0.3 is 5.32 Å². The molecule has 1 aromatic rings. The minimum Gasteiger partial charge on any atom is -0.315 e. The average molecular weight is 196 g/mol. The summed E-state index contributed by atoms with van der Waals surface area (Å²) in [5.41, 5.74) is 1.64. The summed E-state index contributed by atoms with van der Waals surface area (Å²) in [6.45, 7) is 5.38. The molecule has 0 radical (unpaired) electrons. The molecule has 0 aliphatic heterocycles. The Labute approximate surface area is 83.4 Å². The van der Waals surface area contributed by atoms with Crippen molar-refractivity contribution in [3.63, 3.8) is 0 Å². The van der Waals surface area contributed by atoms with Crippen molar-refractivity contribution in [1.82, 2.24) is 10.3 Å². The first kappa shape index (κ1) is 9.16. The number of hydrogen-bond acceptors (Lipinski definition) is 3. The van der Waals surface area contributed by atoms with Crippen LogP contribution in [0.25, 0.3) is 0 Å². The normalized spacial score (nSPS) is 19.0. The second-order valence-electron chi connectivity index (χ2n) is 4.12. The lowest BCUT2D eigenvalue weighted by molar-refractivity contribution is 0.771. The van der Waals surface area contributed by atoms with Crippen LogP contribution in [0.3, 0.4) is 0 Å². The summed E-state index contributed by atoms with van der Waals surface area (Å²) in [6, 6.07) is 0. The summed E-state index contributed by atoms with van der Waals surface area (Å²) in [4.78, 5) is 6.04. The third kappa shape index (κ3) is 1.63. The van der Waals surface area contributed by atoms with Crippen molar-refractivity contribution in [2.75, 3.05) is 7.05 Å². The second-order valence-corrected chi connectivity index (χ2v) is 5.20. The van der Waals surface area contributed by atoms with Gasteiger partial charge in [0.1, 0.15) is 0 Å². The summed E-state index contributed by atoms with van der Waals surface area (Å²) < 4.78 is 0. The monoisotopic (exact) mass is 196 g/mol. The Kier molecular flexibility index (Phi) is 2.16. The summed E-state index contributed by atoms with van der Waals surface area (Å²) >= 11 is 1.88. The molecule has 1 aliphatic rings. The average Bonchev–Trinajstić information content (AvgIpc) is 2.72. The Morgan fingerprint density at radius 2 is 2.23 bits per heavy atom. The van der Waals surface area contributed by atoms with E-state index >= 15 is 0 Å². The number of aryl methyl sites for hydroxylation is 1. The van der Waals surface area contributed by atoms with E-state index in [4.69, 9.17) is 0 Å². The van der Waals surface area contributed by atoms with Crippen LogP contribution >= 0.6 is 11.3 Å². The maximum absolute atomic E-state index is 4.64. The summed E-state index contributed by atoms with van der Waals surface area (Å²) in [6.07, 6.45) is 2.64. The zero-order chi connectivity index (χ0) is 9.47. The van der Waals surface area contributed by atoms with Crippen LogP contribution in [0.2, 0.25) is 0 Å². The first-order valence-corrected chi connectivity index (χ1v) is 5.59. The van der Waals surface area contributed by atoms with Gasteiger partial charge in [-0.25, -0.2) is 4.98 Å². The second kappa shape index (κ2) is 3.07. The standard InChI is InChI=1S/C10H16N2S/c1-7-8(6-11-3)13-9(12-7)10(2)4-5-10/h11H,4-6H2,1-3H3. The summed E-state index contributed by atoms with van der Waals surface area (Å²) in [5, 5.41) is 4.52. The van der Waals surface area contributed by atoms with Gasteiger partial charge in [-0.05, 0) is 26.8 Å². The summed E-state index contributed by atoms with van der Waals surface area (Å²) in [7, 11) is 1.98. The smallest absolute Gasteiger partial charge is 0.0990 e. The number of nitrogens with one attached hydrogen (secondary N) is 1. The van der Waals surface area contributed by atoms with Gasteiger partial charge in [-0.2, -0.15) is 0 Å². The molecule has 2 rings (SSSR count). The molecule has 1 aromatic heterocycles. The highest BCUT2D eigenvalue weighted by atomic mass is 32.1. The Morgan fingerprint density at radius 1 is 1.54 bits per heavy atom. The number of thiazole rings is 1. The van der Waals surface area contributed by atoms with E-state index < -0.39 is 0 Å². The highest BCUT2D eigenvalue weighted by Crippen LogP contribution is 2.49. The number of aromatic nitrogens is 1. The van der Waals surface area contributed by atoms with Gasteiger partial charge >= 0.3 is 0 Å². The lowest BCUT2D eigenvalue weighted by Crippen LogP contribution is -2.04. The maximum atomic E-state index is 4.64. The quantitative estimate of drug-likeness (QED) is 0.802. The fraction of sp³-hybridized carbons (Fsp3) is 0.700. The van der Waals surface area contributed by atoms with E-state index in [9.17, 15) is 0 Å². The van der Waals surface area contributed by atoms with Crippen molar-refractivity contribution in [2.24, 2.45) is 0 Å². The predicted molar refractivity (Wildman–Crippen MR) is 56.2 cm³/mol. The van der Waals surface area contributed by atoms with Crippen LogP contribution in [0, 0.1) is 6.92 Å². The van der Waals surface area contributed by atoms with Crippen molar-refractivity contribution in [1.29, 1.82) is 0 Å². The topological polar surface area (TPSA) is 24.9 Å². The Bertz CT molecular complexity index is 313. The van der Waals surface area contributed by atoms with Crippen molar-refractivity contribution in [2.45, 2.75) is 38.6 Å². The van der Waals surface area contributed by atoms with Gasteiger partial charge in [0, 0.05) is 16.8 Å². The highest BCUT2D eigenvalue weighted by molar-refractivity contribution is 7.12. The highest BCUT2D eigenvalue weighted by Gasteiger charge is 2.42. The van der Waals surface area contributed by atoms with Gasteiger partial charge in [0.05, 0.1) is 10.7 Å². The Balaban J connectivity index is 2.24. The number of hydrogen-bond donors (Lipinski definition) is 1. The molecular weight excluding hydrogens is 180 g/mol. The van der Waals surface area contributed by atoms with Gasteiger partial charge in [-0.1, -0.05) is 6.92 Å². The fourth-order valence-electron chi connectivity index (χ4n) is 1.41. The van der Waals surface area contributed by atoms with Crippen LogP contribution in [0.15, 0.2) is 0 Å². The SMILES string of the molecule is CNCc1sc(C2(C)CC2)nc1C. The summed E-state index contributed by atoms with van der Waals surface area (Å²) in [5.74, 6) is 0. The molecule has 1 fully saturated rings. The largest absolute Gasteiger partial charge is 0.315 e. The van der Waals surface area contributed by atoms with E-state index in [1.807, 2.05) is 18.4 Å². The Morgan fingerprint density at radius 3 is 2.77 bits per heavy atom. The molecule has 1 heterocycles. The van der Waals surface area contributed by atoms with Crippen LogP contribution < -0.4 is 5.32 Å². The first-order valence-electron chi connectivity index (χ1n) is 4.77. The minimum atomic E-state index is 0.432. The lowest BCUT2D eigenvalue weighted by atomic mass is 10.2. The van der Waals surface area contributed by atoms with Crippen LogP contribution in [0.4, 0.5) is 0 Å². The molecule has 0 atom stereocenters. The van der Waals surface area contributed by atoms with Gasteiger partial charge in [-0.3, -0.25) is 0 Å². The third-order valence-electron chi connectivity index (χ3n) is 2.75. The van der Waals surface area contributed by atoms with Crippen LogP contribution in [-0.4, -0.2) is 12.0 Å². The zero-order valence-corrected chi connectivity index (χ0v) is 9.29. The molecule has 1 N–H and O–H groups in total. The van der Waals surface area contributed by atoms with Crippen LogP contribution in [0.5, 0.6) is 0 Å². The number of nitrogens with zero attached hydrogens (tertiary/aromatic N) is 1. The molecule has 0 amide bonds. The van der Waals surface area contributed by atoms with E-state index in [0.717, 1.165) is 6.54 Å². The predicted octanol–water partition coefficient (Wildman–Crippen LogP) is 2.22. The molecule has 2 nitrogen and oxygen atoms in total. The van der Waals surface area contributed by atoms with Crippen LogP contribution in [0.1, 0.15) is 35.3 Å². The molecule has 1 aliphatic carbocycles. The van der Waals surface area contributed by atoms with E-state index in [1.165, 1.54) is 28.4 Å². The van der Waals surface area contributed by atoms with E-state index in [0.29, 0.717) is 5.41 Å². The molecule has 0 saturated heterocycles. The van der Waals surface area contributed by atoms with Crippen molar-refractivity contribution >= 4 is 11.3 Å². The maximum Gasteiger partial charge on any atom is 0.0990 e. The molecule has 0 aromatic carbocycles.